The SMILES string of the molecule is CC(C)(O)C1=CC(C)(c2ccccc2)Nc2ccc(Cl)cc21. The summed E-state index contributed by atoms with van der Waals surface area (Å²) in [4.78, 5) is 0. The smallest absolute Gasteiger partial charge is 0.0844 e. The van der Waals surface area contributed by atoms with Gasteiger partial charge in [0, 0.05) is 16.3 Å². The Balaban J connectivity index is 2.21. The van der Waals surface area contributed by atoms with Crippen molar-refractivity contribution in [2.24, 2.45) is 0 Å². The van der Waals surface area contributed by atoms with E-state index in [1.165, 1.54) is 0 Å². The summed E-state index contributed by atoms with van der Waals surface area (Å²) >= 11 is 6.14. The third-order valence-electron chi connectivity index (χ3n) is 4.13. The molecule has 2 nitrogen and oxygen atoms in total. The fraction of sp³-hybridized carbons (Fsp3) is 0.263. The highest BCUT2D eigenvalue weighted by Gasteiger charge is 2.35. The topological polar surface area (TPSA) is 32.3 Å². The zero-order valence-electron chi connectivity index (χ0n) is 13.0. The minimum atomic E-state index is -0.947. The molecule has 22 heavy (non-hydrogen) atoms. The molecule has 0 amide bonds. The van der Waals surface area contributed by atoms with E-state index in [-0.39, 0.29) is 5.54 Å². The van der Waals surface area contributed by atoms with Crippen molar-refractivity contribution in [2.45, 2.75) is 31.9 Å². The zero-order valence-corrected chi connectivity index (χ0v) is 13.8. The first-order valence-electron chi connectivity index (χ1n) is 7.39. The van der Waals surface area contributed by atoms with Gasteiger partial charge in [-0.05, 0) is 56.2 Å². The van der Waals surface area contributed by atoms with Crippen molar-refractivity contribution in [3.8, 4) is 0 Å². The fourth-order valence-electron chi connectivity index (χ4n) is 2.98. The van der Waals surface area contributed by atoms with Gasteiger partial charge in [-0.1, -0.05) is 41.9 Å². The van der Waals surface area contributed by atoms with Crippen LogP contribution in [0, 0.1) is 0 Å². The molecule has 0 spiro atoms. The van der Waals surface area contributed by atoms with Gasteiger partial charge in [-0.3, -0.25) is 0 Å². The van der Waals surface area contributed by atoms with Gasteiger partial charge < -0.3 is 10.4 Å². The van der Waals surface area contributed by atoms with Crippen molar-refractivity contribution in [1.29, 1.82) is 0 Å². The molecular formula is C19H20ClNO. The normalized spacial score (nSPS) is 20.9. The second-order valence-electron chi connectivity index (χ2n) is 6.50. The average Bonchev–Trinajstić information content (AvgIpc) is 2.47. The molecule has 114 valence electrons. The summed E-state index contributed by atoms with van der Waals surface area (Å²) < 4.78 is 0. The van der Waals surface area contributed by atoms with Gasteiger partial charge in [-0.25, -0.2) is 0 Å². The second kappa shape index (κ2) is 5.15. The van der Waals surface area contributed by atoms with Crippen LogP contribution in [0.2, 0.25) is 5.02 Å². The first-order chi connectivity index (χ1) is 10.3. The van der Waals surface area contributed by atoms with E-state index in [0.29, 0.717) is 5.02 Å². The molecule has 0 aromatic heterocycles. The molecule has 3 rings (SSSR count). The van der Waals surface area contributed by atoms with Crippen LogP contribution in [0.1, 0.15) is 31.9 Å². The Morgan fingerprint density at radius 2 is 1.77 bits per heavy atom. The van der Waals surface area contributed by atoms with Crippen molar-refractivity contribution in [3.63, 3.8) is 0 Å². The molecule has 2 aromatic carbocycles. The lowest BCUT2D eigenvalue weighted by atomic mass is 9.79. The number of hydrogen-bond acceptors (Lipinski definition) is 2. The van der Waals surface area contributed by atoms with E-state index in [2.05, 4.69) is 30.4 Å². The molecule has 2 aromatic rings. The van der Waals surface area contributed by atoms with Crippen LogP contribution in [0.15, 0.2) is 54.6 Å². The van der Waals surface area contributed by atoms with Gasteiger partial charge in [0.25, 0.3) is 0 Å². The molecule has 0 saturated heterocycles. The van der Waals surface area contributed by atoms with Gasteiger partial charge in [0.15, 0.2) is 0 Å². The van der Waals surface area contributed by atoms with E-state index in [1.807, 2.05) is 36.4 Å². The van der Waals surface area contributed by atoms with Crippen LogP contribution in [-0.4, -0.2) is 10.7 Å². The highest BCUT2D eigenvalue weighted by atomic mass is 35.5. The molecular weight excluding hydrogens is 294 g/mol. The molecule has 1 aliphatic rings. The van der Waals surface area contributed by atoms with Gasteiger partial charge in [0.2, 0.25) is 0 Å². The number of nitrogens with one attached hydrogen (secondary N) is 1. The van der Waals surface area contributed by atoms with Crippen molar-refractivity contribution in [1.82, 2.24) is 0 Å². The van der Waals surface area contributed by atoms with Crippen LogP contribution < -0.4 is 5.32 Å². The predicted octanol–water partition coefficient (Wildman–Crippen LogP) is 4.84. The van der Waals surface area contributed by atoms with Crippen molar-refractivity contribution in [2.75, 3.05) is 5.32 Å². The highest BCUT2D eigenvalue weighted by molar-refractivity contribution is 6.31. The molecule has 1 aliphatic heterocycles. The number of halogens is 1. The standard InChI is InChI=1S/C19H20ClNO/c1-18(2,22)16-12-19(3,13-7-5-4-6-8-13)21-17-10-9-14(20)11-15(16)17/h4-12,21-22H,1-3H3. The largest absolute Gasteiger partial charge is 0.386 e. The van der Waals surface area contributed by atoms with E-state index in [4.69, 9.17) is 11.6 Å². The Morgan fingerprint density at radius 1 is 1.09 bits per heavy atom. The fourth-order valence-corrected chi connectivity index (χ4v) is 3.15. The third-order valence-corrected chi connectivity index (χ3v) is 4.37. The molecule has 0 saturated carbocycles. The molecule has 0 aliphatic carbocycles. The summed E-state index contributed by atoms with van der Waals surface area (Å²) in [5.41, 5.74) is 2.64. The number of aliphatic hydroxyl groups is 1. The van der Waals surface area contributed by atoms with Gasteiger partial charge in [0.05, 0.1) is 11.1 Å². The number of benzene rings is 2. The maximum absolute atomic E-state index is 10.6. The Kier molecular flexibility index (Phi) is 3.54. The Morgan fingerprint density at radius 3 is 2.41 bits per heavy atom. The Labute approximate surface area is 136 Å². The molecule has 1 atom stereocenters. The highest BCUT2D eigenvalue weighted by Crippen LogP contribution is 2.43. The maximum Gasteiger partial charge on any atom is 0.0844 e. The summed E-state index contributed by atoms with van der Waals surface area (Å²) in [5.74, 6) is 0. The number of hydrogen-bond donors (Lipinski definition) is 2. The first-order valence-corrected chi connectivity index (χ1v) is 7.77. The van der Waals surface area contributed by atoms with E-state index >= 15 is 0 Å². The lowest BCUT2D eigenvalue weighted by Gasteiger charge is -2.39. The minimum absolute atomic E-state index is 0.378. The van der Waals surface area contributed by atoms with E-state index in [0.717, 1.165) is 22.4 Å². The first kappa shape index (κ1) is 15.1. The number of anilines is 1. The van der Waals surface area contributed by atoms with Gasteiger partial charge in [0.1, 0.15) is 0 Å². The van der Waals surface area contributed by atoms with E-state index in [1.54, 1.807) is 13.8 Å². The number of fused-ring (bicyclic) bond motifs is 1. The van der Waals surface area contributed by atoms with Crippen LogP contribution in [0.4, 0.5) is 5.69 Å². The Hall–Kier alpha value is -1.77. The molecule has 2 N–H and O–H groups in total. The molecule has 0 fully saturated rings. The Bertz CT molecular complexity index is 731. The van der Waals surface area contributed by atoms with Crippen molar-refractivity contribution < 1.29 is 5.11 Å². The summed E-state index contributed by atoms with van der Waals surface area (Å²) in [6, 6.07) is 16.0. The van der Waals surface area contributed by atoms with Gasteiger partial charge >= 0.3 is 0 Å². The van der Waals surface area contributed by atoms with Crippen LogP contribution in [0.25, 0.3) is 5.57 Å². The van der Waals surface area contributed by atoms with Gasteiger partial charge in [-0.2, -0.15) is 0 Å². The van der Waals surface area contributed by atoms with Crippen molar-refractivity contribution in [3.05, 3.63) is 70.8 Å². The van der Waals surface area contributed by atoms with Crippen LogP contribution in [0.5, 0.6) is 0 Å². The summed E-state index contributed by atoms with van der Waals surface area (Å²) in [6.07, 6.45) is 2.10. The summed E-state index contributed by atoms with van der Waals surface area (Å²) in [7, 11) is 0. The second-order valence-corrected chi connectivity index (χ2v) is 6.94. The maximum atomic E-state index is 10.6. The zero-order chi connectivity index (χ0) is 16.0. The molecule has 0 bridgehead atoms. The molecule has 3 heteroatoms. The monoisotopic (exact) mass is 313 g/mol. The quantitative estimate of drug-likeness (QED) is 0.832. The van der Waals surface area contributed by atoms with Crippen molar-refractivity contribution >= 4 is 22.9 Å². The minimum Gasteiger partial charge on any atom is -0.386 e. The lowest BCUT2D eigenvalue weighted by Crippen LogP contribution is -2.36. The summed E-state index contributed by atoms with van der Waals surface area (Å²) in [6.45, 7) is 5.73. The van der Waals surface area contributed by atoms with Crippen LogP contribution in [0.3, 0.4) is 0 Å². The lowest BCUT2D eigenvalue weighted by molar-refractivity contribution is 0.143. The molecule has 1 unspecified atom stereocenters. The average molecular weight is 314 g/mol. The third kappa shape index (κ3) is 2.65. The van der Waals surface area contributed by atoms with Crippen LogP contribution >= 0.6 is 11.6 Å². The summed E-state index contributed by atoms with van der Waals surface area (Å²) in [5, 5.41) is 14.9. The van der Waals surface area contributed by atoms with E-state index < -0.39 is 5.60 Å². The number of rotatable bonds is 2. The van der Waals surface area contributed by atoms with E-state index in [9.17, 15) is 5.11 Å². The van der Waals surface area contributed by atoms with Gasteiger partial charge in [-0.15, -0.1) is 0 Å². The predicted molar refractivity (Wildman–Crippen MR) is 93.1 cm³/mol. The molecule has 1 heterocycles. The molecule has 0 radical (unpaired) electrons. The van der Waals surface area contributed by atoms with Crippen LogP contribution in [-0.2, 0) is 5.54 Å².